The number of hydrogen-bond acceptors (Lipinski definition) is 6. The lowest BCUT2D eigenvalue weighted by Gasteiger charge is -2.07. The van der Waals surface area contributed by atoms with Gasteiger partial charge in [0.15, 0.2) is 0 Å². The predicted molar refractivity (Wildman–Crippen MR) is 77.8 cm³/mol. The van der Waals surface area contributed by atoms with Gasteiger partial charge < -0.3 is 10.1 Å². The molecule has 0 aliphatic carbocycles. The van der Waals surface area contributed by atoms with Gasteiger partial charge in [-0.15, -0.1) is 0 Å². The van der Waals surface area contributed by atoms with E-state index in [1.165, 1.54) is 7.11 Å². The molecule has 1 aliphatic rings. The van der Waals surface area contributed by atoms with E-state index in [0.717, 1.165) is 0 Å². The van der Waals surface area contributed by atoms with Crippen LogP contribution in [0.1, 0.15) is 20.7 Å². The van der Waals surface area contributed by atoms with Crippen molar-refractivity contribution in [1.29, 1.82) is 0 Å². The molecule has 0 bridgehead atoms. The monoisotopic (exact) mass is 348 g/mol. The number of rotatable bonds is 3. The van der Waals surface area contributed by atoms with Gasteiger partial charge >= 0.3 is 0 Å². The second kappa shape index (κ2) is 5.13. The van der Waals surface area contributed by atoms with Gasteiger partial charge in [0.2, 0.25) is 11.8 Å². The Bertz CT molecular complexity index is 763. The zero-order chi connectivity index (χ0) is 15.0. The number of benzene rings is 1. The smallest absolute Gasteiger partial charge is 0.259 e. The highest BCUT2D eigenvalue weighted by atomic mass is 79.9. The zero-order valence-corrected chi connectivity index (χ0v) is 12.4. The quantitative estimate of drug-likeness (QED) is 0.822. The van der Waals surface area contributed by atoms with Crippen molar-refractivity contribution in [3.8, 4) is 5.88 Å². The minimum absolute atomic E-state index is 0.319. The summed E-state index contributed by atoms with van der Waals surface area (Å²) in [5.41, 5.74) is 1.29. The van der Waals surface area contributed by atoms with Crippen LogP contribution in [-0.2, 0) is 0 Å². The van der Waals surface area contributed by atoms with Crippen molar-refractivity contribution in [3.05, 3.63) is 40.0 Å². The highest BCUT2D eigenvalue weighted by Crippen LogP contribution is 2.25. The molecule has 0 fully saturated rings. The molecular formula is C13H9BrN4O3. The molecule has 0 unspecified atom stereocenters. The van der Waals surface area contributed by atoms with Gasteiger partial charge in [-0.2, -0.15) is 4.98 Å². The Morgan fingerprint density at radius 3 is 2.76 bits per heavy atom. The zero-order valence-electron chi connectivity index (χ0n) is 10.8. The van der Waals surface area contributed by atoms with Gasteiger partial charge in [0.05, 0.1) is 28.9 Å². The second-order valence-corrected chi connectivity index (χ2v) is 5.07. The fourth-order valence-corrected chi connectivity index (χ4v) is 2.28. The molecule has 106 valence electrons. The van der Waals surface area contributed by atoms with Crippen molar-refractivity contribution in [3.63, 3.8) is 0 Å². The molecule has 2 aromatic rings. The van der Waals surface area contributed by atoms with E-state index in [2.05, 4.69) is 36.5 Å². The standard InChI is InChI=1S/C13H9BrN4O3/c1-21-12-9(14)5-15-13(18-12)16-6-2-3-7-8(4-6)11(20)17-10(7)19/h2-5H,1H3,(H,15,16,18)(H,17,19,20). The SMILES string of the molecule is COc1nc(Nc2ccc3c(c2)C(=O)NC3=O)ncc1Br. The number of fused-ring (bicyclic) bond motifs is 1. The molecule has 0 saturated carbocycles. The van der Waals surface area contributed by atoms with Crippen LogP contribution in [0.25, 0.3) is 0 Å². The first-order valence-electron chi connectivity index (χ1n) is 5.92. The molecule has 0 spiro atoms. The molecular weight excluding hydrogens is 340 g/mol. The summed E-state index contributed by atoms with van der Waals surface area (Å²) in [5.74, 6) is -0.0858. The Hall–Kier alpha value is -2.48. The van der Waals surface area contributed by atoms with E-state index < -0.39 is 5.91 Å². The average molecular weight is 349 g/mol. The van der Waals surface area contributed by atoms with Crippen LogP contribution >= 0.6 is 15.9 Å². The summed E-state index contributed by atoms with van der Waals surface area (Å²) >= 11 is 3.26. The summed E-state index contributed by atoms with van der Waals surface area (Å²) < 4.78 is 5.72. The molecule has 8 heteroatoms. The Morgan fingerprint density at radius 2 is 2.00 bits per heavy atom. The molecule has 2 amide bonds. The Morgan fingerprint density at radius 1 is 1.24 bits per heavy atom. The Kier molecular flexibility index (Phi) is 3.30. The first kappa shape index (κ1) is 13.5. The molecule has 3 rings (SSSR count). The Balaban J connectivity index is 1.91. The minimum atomic E-state index is -0.409. The average Bonchev–Trinajstić information content (AvgIpc) is 2.76. The number of carbonyl (C=O) groups excluding carboxylic acids is 2. The number of nitrogens with zero attached hydrogens (tertiary/aromatic N) is 2. The van der Waals surface area contributed by atoms with Gasteiger partial charge in [-0.1, -0.05) is 0 Å². The van der Waals surface area contributed by atoms with Gasteiger partial charge in [0, 0.05) is 5.69 Å². The third-order valence-electron chi connectivity index (χ3n) is 2.90. The summed E-state index contributed by atoms with van der Waals surface area (Å²) in [6.07, 6.45) is 1.55. The number of halogens is 1. The molecule has 7 nitrogen and oxygen atoms in total. The molecule has 0 radical (unpaired) electrons. The van der Waals surface area contributed by atoms with Crippen LogP contribution in [0.15, 0.2) is 28.9 Å². The van der Waals surface area contributed by atoms with E-state index in [1.54, 1.807) is 24.4 Å². The number of anilines is 2. The number of carbonyl (C=O) groups is 2. The van der Waals surface area contributed by atoms with Gasteiger partial charge in [-0.05, 0) is 34.1 Å². The molecule has 0 saturated heterocycles. The van der Waals surface area contributed by atoms with E-state index in [-0.39, 0.29) is 5.91 Å². The van der Waals surface area contributed by atoms with Crippen molar-refractivity contribution in [2.24, 2.45) is 0 Å². The molecule has 0 atom stereocenters. The maximum atomic E-state index is 11.6. The number of hydrogen-bond donors (Lipinski definition) is 2. The number of imide groups is 1. The number of methoxy groups -OCH3 is 1. The number of aromatic nitrogens is 2. The normalized spacial score (nSPS) is 12.9. The lowest BCUT2D eigenvalue weighted by molar-refractivity contribution is 0.0879. The van der Waals surface area contributed by atoms with Crippen LogP contribution in [0, 0.1) is 0 Å². The summed E-state index contributed by atoms with van der Waals surface area (Å²) in [7, 11) is 1.50. The topological polar surface area (TPSA) is 93.2 Å². The second-order valence-electron chi connectivity index (χ2n) is 4.22. The number of nitrogens with one attached hydrogen (secondary N) is 2. The van der Waals surface area contributed by atoms with Gasteiger partial charge in [-0.3, -0.25) is 14.9 Å². The van der Waals surface area contributed by atoms with Crippen LogP contribution in [0.4, 0.5) is 11.6 Å². The van der Waals surface area contributed by atoms with Crippen molar-refractivity contribution in [2.75, 3.05) is 12.4 Å². The largest absolute Gasteiger partial charge is 0.480 e. The van der Waals surface area contributed by atoms with Crippen molar-refractivity contribution >= 4 is 39.4 Å². The number of ether oxygens (including phenoxy) is 1. The summed E-state index contributed by atoms with van der Waals surface area (Å²) in [6, 6.07) is 4.83. The number of amides is 2. The van der Waals surface area contributed by atoms with E-state index >= 15 is 0 Å². The highest BCUT2D eigenvalue weighted by Gasteiger charge is 2.26. The first-order chi connectivity index (χ1) is 10.1. The molecule has 1 aromatic carbocycles. The predicted octanol–water partition coefficient (Wildman–Crippen LogP) is 1.87. The van der Waals surface area contributed by atoms with Crippen LogP contribution < -0.4 is 15.4 Å². The third kappa shape index (κ3) is 2.45. The molecule has 1 aliphatic heterocycles. The van der Waals surface area contributed by atoms with Crippen LogP contribution in [-0.4, -0.2) is 28.9 Å². The molecule has 2 N–H and O–H groups in total. The van der Waals surface area contributed by atoms with Gasteiger partial charge in [-0.25, -0.2) is 4.98 Å². The van der Waals surface area contributed by atoms with Gasteiger partial charge in [0.25, 0.3) is 11.8 Å². The maximum Gasteiger partial charge on any atom is 0.259 e. The third-order valence-corrected chi connectivity index (χ3v) is 3.44. The fourth-order valence-electron chi connectivity index (χ4n) is 1.93. The summed E-state index contributed by atoms with van der Waals surface area (Å²) in [4.78, 5) is 31.3. The fraction of sp³-hybridized carbons (Fsp3) is 0.0769. The van der Waals surface area contributed by atoms with E-state index in [1.807, 2.05) is 0 Å². The van der Waals surface area contributed by atoms with Crippen molar-refractivity contribution < 1.29 is 14.3 Å². The summed E-state index contributed by atoms with van der Waals surface area (Å²) in [6.45, 7) is 0. The van der Waals surface area contributed by atoms with Crippen molar-refractivity contribution in [1.82, 2.24) is 15.3 Å². The first-order valence-corrected chi connectivity index (χ1v) is 6.71. The minimum Gasteiger partial charge on any atom is -0.480 e. The van der Waals surface area contributed by atoms with Crippen LogP contribution in [0.3, 0.4) is 0 Å². The molecule has 1 aromatic heterocycles. The van der Waals surface area contributed by atoms with E-state index in [0.29, 0.717) is 33.1 Å². The van der Waals surface area contributed by atoms with Crippen LogP contribution in [0.5, 0.6) is 5.88 Å². The highest BCUT2D eigenvalue weighted by molar-refractivity contribution is 9.10. The summed E-state index contributed by atoms with van der Waals surface area (Å²) in [5, 5.41) is 5.19. The maximum absolute atomic E-state index is 11.6. The molecule has 2 heterocycles. The lowest BCUT2D eigenvalue weighted by atomic mass is 10.1. The lowest BCUT2D eigenvalue weighted by Crippen LogP contribution is -2.19. The molecule has 21 heavy (non-hydrogen) atoms. The van der Waals surface area contributed by atoms with E-state index in [9.17, 15) is 9.59 Å². The Labute approximate surface area is 127 Å². The van der Waals surface area contributed by atoms with Gasteiger partial charge in [0.1, 0.15) is 0 Å². The van der Waals surface area contributed by atoms with E-state index in [4.69, 9.17) is 4.74 Å². The van der Waals surface area contributed by atoms with Crippen LogP contribution in [0.2, 0.25) is 0 Å². The van der Waals surface area contributed by atoms with Crippen molar-refractivity contribution in [2.45, 2.75) is 0 Å².